The molecular weight excluding hydrogens is 457 g/mol. The number of aromatic nitrogens is 2. The first kappa shape index (κ1) is 23.4. The van der Waals surface area contributed by atoms with Gasteiger partial charge in [0.25, 0.3) is 0 Å². The molecule has 150 valence electrons. The van der Waals surface area contributed by atoms with Crippen molar-refractivity contribution in [1.29, 1.82) is 0 Å². The van der Waals surface area contributed by atoms with E-state index in [0.29, 0.717) is 25.7 Å². The van der Waals surface area contributed by atoms with Gasteiger partial charge in [0.15, 0.2) is 5.96 Å². The number of aryl methyl sites for hydroxylation is 1. The molecule has 0 fully saturated rings. The molecule has 0 saturated heterocycles. The summed E-state index contributed by atoms with van der Waals surface area (Å²) in [5.41, 5.74) is 1.95. The van der Waals surface area contributed by atoms with Crippen molar-refractivity contribution in [1.82, 2.24) is 20.4 Å². The molecule has 0 bridgehead atoms. The minimum absolute atomic E-state index is 0. The van der Waals surface area contributed by atoms with Gasteiger partial charge in [-0.15, -0.1) is 24.0 Å². The smallest absolute Gasteiger partial charge is 0.191 e. The van der Waals surface area contributed by atoms with Gasteiger partial charge in [-0.1, -0.05) is 24.3 Å². The fraction of sp³-hybridized carbons (Fsp3) is 0.474. The second-order valence-electron chi connectivity index (χ2n) is 6.43. The third-order valence-electron chi connectivity index (χ3n) is 4.10. The first-order valence-corrected chi connectivity index (χ1v) is 8.75. The minimum Gasteiger partial charge on any atom is -0.383 e. The standard InChI is InChI=1S/C19H29N5O2.HI/c1-5-20-18(21-10-15-8-6-7-9-16(15)13-26-4)22-14-19(2,25)17-11-23-24(3)12-17;/h6-9,11-12,25H,5,10,13-14H2,1-4H3,(H2,20,21,22);1H. The highest BCUT2D eigenvalue weighted by molar-refractivity contribution is 14.0. The van der Waals surface area contributed by atoms with Gasteiger partial charge in [-0.3, -0.25) is 4.68 Å². The molecule has 0 radical (unpaired) electrons. The van der Waals surface area contributed by atoms with Crippen molar-refractivity contribution < 1.29 is 9.84 Å². The normalized spacial score (nSPS) is 13.6. The van der Waals surface area contributed by atoms with E-state index in [-0.39, 0.29) is 24.0 Å². The van der Waals surface area contributed by atoms with Gasteiger partial charge >= 0.3 is 0 Å². The van der Waals surface area contributed by atoms with E-state index in [2.05, 4.69) is 20.7 Å². The largest absolute Gasteiger partial charge is 0.383 e. The van der Waals surface area contributed by atoms with E-state index in [9.17, 15) is 5.11 Å². The second kappa shape index (κ2) is 11.3. The number of nitrogens with one attached hydrogen (secondary N) is 2. The number of hydrogen-bond acceptors (Lipinski definition) is 4. The van der Waals surface area contributed by atoms with Crippen LogP contribution in [0.25, 0.3) is 0 Å². The van der Waals surface area contributed by atoms with E-state index < -0.39 is 5.60 Å². The number of guanidine groups is 1. The van der Waals surface area contributed by atoms with Crippen LogP contribution in [-0.4, -0.2) is 41.0 Å². The van der Waals surface area contributed by atoms with Crippen molar-refractivity contribution in [3.05, 3.63) is 53.3 Å². The van der Waals surface area contributed by atoms with Crippen LogP contribution in [-0.2, 0) is 30.5 Å². The second-order valence-corrected chi connectivity index (χ2v) is 6.43. The van der Waals surface area contributed by atoms with Crippen LogP contribution in [0.15, 0.2) is 41.7 Å². The molecule has 0 spiro atoms. The number of benzene rings is 1. The van der Waals surface area contributed by atoms with Crippen LogP contribution in [0.1, 0.15) is 30.5 Å². The first-order chi connectivity index (χ1) is 12.5. The highest BCUT2D eigenvalue weighted by atomic mass is 127. The Balaban J connectivity index is 0.00000364. The lowest BCUT2D eigenvalue weighted by atomic mass is 10.00. The number of ether oxygens (including phenoxy) is 1. The molecule has 7 nitrogen and oxygen atoms in total. The molecular formula is C19H30IN5O2. The highest BCUT2D eigenvalue weighted by Crippen LogP contribution is 2.18. The topological polar surface area (TPSA) is 83.7 Å². The Hall–Kier alpha value is -1.65. The van der Waals surface area contributed by atoms with Crippen LogP contribution in [0, 0.1) is 0 Å². The van der Waals surface area contributed by atoms with Gasteiger partial charge in [-0.05, 0) is 25.0 Å². The quantitative estimate of drug-likeness (QED) is 0.302. The van der Waals surface area contributed by atoms with Crippen LogP contribution >= 0.6 is 24.0 Å². The Morgan fingerprint density at radius 2 is 2.00 bits per heavy atom. The molecule has 0 aliphatic carbocycles. The lowest BCUT2D eigenvalue weighted by Crippen LogP contribution is -2.44. The van der Waals surface area contributed by atoms with Gasteiger partial charge in [-0.2, -0.15) is 5.10 Å². The summed E-state index contributed by atoms with van der Waals surface area (Å²) in [6.45, 7) is 5.92. The van der Waals surface area contributed by atoms with Gasteiger partial charge in [0.1, 0.15) is 5.60 Å². The molecule has 0 saturated carbocycles. The summed E-state index contributed by atoms with van der Waals surface area (Å²) in [4.78, 5) is 4.64. The third-order valence-corrected chi connectivity index (χ3v) is 4.10. The summed E-state index contributed by atoms with van der Waals surface area (Å²) in [6, 6.07) is 8.09. The first-order valence-electron chi connectivity index (χ1n) is 8.75. The predicted molar refractivity (Wildman–Crippen MR) is 118 cm³/mol. The zero-order chi connectivity index (χ0) is 19.0. The Morgan fingerprint density at radius 3 is 2.59 bits per heavy atom. The van der Waals surface area contributed by atoms with Crippen LogP contribution in [0.2, 0.25) is 0 Å². The van der Waals surface area contributed by atoms with Crippen molar-refractivity contribution in [3.8, 4) is 0 Å². The maximum absolute atomic E-state index is 10.7. The lowest BCUT2D eigenvalue weighted by Gasteiger charge is -2.23. The van der Waals surface area contributed by atoms with E-state index in [1.807, 2.05) is 44.4 Å². The summed E-state index contributed by atoms with van der Waals surface area (Å²) in [5.74, 6) is 0.656. The van der Waals surface area contributed by atoms with Crippen molar-refractivity contribution in [2.24, 2.45) is 12.0 Å². The number of hydrogen-bond donors (Lipinski definition) is 3. The molecule has 0 amide bonds. The average Bonchev–Trinajstić information content (AvgIpc) is 3.06. The van der Waals surface area contributed by atoms with Gasteiger partial charge in [0.05, 0.1) is 25.9 Å². The molecule has 0 aliphatic rings. The monoisotopic (exact) mass is 487 g/mol. The molecule has 1 heterocycles. The zero-order valence-electron chi connectivity index (χ0n) is 16.4. The van der Waals surface area contributed by atoms with Gasteiger partial charge in [0.2, 0.25) is 0 Å². The SMILES string of the molecule is CCNC(=NCc1ccccc1COC)NCC(C)(O)c1cnn(C)c1.I. The molecule has 2 aromatic rings. The van der Waals surface area contributed by atoms with Crippen molar-refractivity contribution in [3.63, 3.8) is 0 Å². The maximum atomic E-state index is 10.7. The summed E-state index contributed by atoms with van der Waals surface area (Å²) in [7, 11) is 3.52. The predicted octanol–water partition coefficient (Wildman–Crippen LogP) is 2.15. The van der Waals surface area contributed by atoms with Gasteiger partial charge < -0.3 is 20.5 Å². The number of halogens is 1. The Bertz CT molecular complexity index is 730. The molecule has 1 atom stereocenters. The molecule has 1 aromatic carbocycles. The van der Waals surface area contributed by atoms with E-state index >= 15 is 0 Å². The van der Waals surface area contributed by atoms with E-state index in [4.69, 9.17) is 4.74 Å². The Kier molecular flexibility index (Phi) is 9.75. The van der Waals surface area contributed by atoms with E-state index in [0.717, 1.165) is 23.2 Å². The lowest BCUT2D eigenvalue weighted by molar-refractivity contribution is 0.0616. The van der Waals surface area contributed by atoms with E-state index in [1.54, 1.807) is 24.9 Å². The van der Waals surface area contributed by atoms with Crippen molar-refractivity contribution >= 4 is 29.9 Å². The summed E-state index contributed by atoms with van der Waals surface area (Å²) in [5, 5.41) is 21.2. The number of rotatable bonds is 8. The average molecular weight is 487 g/mol. The minimum atomic E-state index is -1.04. The van der Waals surface area contributed by atoms with Gasteiger partial charge in [-0.25, -0.2) is 4.99 Å². The molecule has 8 heteroatoms. The van der Waals surface area contributed by atoms with Crippen molar-refractivity contribution in [2.45, 2.75) is 32.6 Å². The highest BCUT2D eigenvalue weighted by Gasteiger charge is 2.25. The van der Waals surface area contributed by atoms with Crippen molar-refractivity contribution in [2.75, 3.05) is 20.2 Å². The van der Waals surface area contributed by atoms with Crippen LogP contribution in [0.5, 0.6) is 0 Å². The molecule has 1 unspecified atom stereocenters. The summed E-state index contributed by atoms with van der Waals surface area (Å²) >= 11 is 0. The van der Waals surface area contributed by atoms with Crippen LogP contribution in [0.3, 0.4) is 0 Å². The maximum Gasteiger partial charge on any atom is 0.191 e. The van der Waals surface area contributed by atoms with Crippen LogP contribution < -0.4 is 10.6 Å². The number of aliphatic imine (C=N–C) groups is 1. The summed E-state index contributed by atoms with van der Waals surface area (Å²) < 4.78 is 6.92. The fourth-order valence-corrected chi connectivity index (χ4v) is 2.57. The molecule has 3 N–H and O–H groups in total. The third kappa shape index (κ3) is 7.11. The molecule has 1 aromatic heterocycles. The number of aliphatic hydroxyl groups is 1. The number of nitrogens with zero attached hydrogens (tertiary/aromatic N) is 3. The molecule has 0 aliphatic heterocycles. The fourth-order valence-electron chi connectivity index (χ4n) is 2.57. The van der Waals surface area contributed by atoms with E-state index in [1.165, 1.54) is 0 Å². The molecule has 2 rings (SSSR count). The Morgan fingerprint density at radius 1 is 1.30 bits per heavy atom. The van der Waals surface area contributed by atoms with Gasteiger partial charge in [0, 0.05) is 32.5 Å². The Labute approximate surface area is 178 Å². The number of methoxy groups -OCH3 is 1. The molecule has 27 heavy (non-hydrogen) atoms. The zero-order valence-corrected chi connectivity index (χ0v) is 18.7. The summed E-state index contributed by atoms with van der Waals surface area (Å²) in [6.07, 6.45) is 3.49. The van der Waals surface area contributed by atoms with Crippen LogP contribution in [0.4, 0.5) is 0 Å².